The second kappa shape index (κ2) is 13.3. The predicted molar refractivity (Wildman–Crippen MR) is 161 cm³/mol. The second-order valence-corrected chi connectivity index (χ2v) is 12.9. The van der Waals surface area contributed by atoms with Crippen LogP contribution < -0.4 is 9.62 Å². The molecule has 0 unspecified atom stereocenters. The molecule has 214 valence electrons. The van der Waals surface area contributed by atoms with Crippen LogP contribution in [0.3, 0.4) is 0 Å². The minimum absolute atomic E-state index is 0.0442. The van der Waals surface area contributed by atoms with Crippen molar-refractivity contribution in [2.75, 3.05) is 10.8 Å². The Balaban J connectivity index is 2.07. The smallest absolute Gasteiger partial charge is 0.264 e. The van der Waals surface area contributed by atoms with Gasteiger partial charge in [-0.05, 0) is 75.1 Å². The van der Waals surface area contributed by atoms with Crippen molar-refractivity contribution < 1.29 is 18.0 Å². The van der Waals surface area contributed by atoms with Crippen LogP contribution in [0.2, 0.25) is 5.02 Å². The first-order chi connectivity index (χ1) is 18.9. The Bertz CT molecular complexity index is 1400. The van der Waals surface area contributed by atoms with E-state index in [1.807, 2.05) is 52.8 Å². The molecule has 3 aromatic rings. The third-order valence-corrected chi connectivity index (χ3v) is 8.58. The summed E-state index contributed by atoms with van der Waals surface area (Å²) in [4.78, 5) is 29.0. The molecule has 0 aromatic heterocycles. The van der Waals surface area contributed by atoms with E-state index in [-0.39, 0.29) is 17.3 Å². The molecule has 3 rings (SSSR count). The topological polar surface area (TPSA) is 86.8 Å². The highest BCUT2D eigenvalue weighted by Gasteiger charge is 2.34. The molecular weight excluding hydrogens is 546 g/mol. The van der Waals surface area contributed by atoms with Gasteiger partial charge in [0.1, 0.15) is 12.6 Å². The van der Waals surface area contributed by atoms with E-state index in [1.165, 1.54) is 17.0 Å². The van der Waals surface area contributed by atoms with Crippen LogP contribution in [0, 0.1) is 0 Å². The minimum atomic E-state index is -4.11. The number of benzene rings is 3. The largest absolute Gasteiger partial charge is 0.350 e. The van der Waals surface area contributed by atoms with E-state index in [9.17, 15) is 18.0 Å². The number of carbonyl (C=O) groups is 2. The zero-order valence-electron chi connectivity index (χ0n) is 23.7. The fraction of sp³-hybridized carbons (Fsp3) is 0.355. The number of hydrogen-bond donors (Lipinski definition) is 1. The summed E-state index contributed by atoms with van der Waals surface area (Å²) in [5.41, 5.74) is 1.54. The maximum atomic E-state index is 14.1. The van der Waals surface area contributed by atoms with E-state index in [1.54, 1.807) is 48.5 Å². The van der Waals surface area contributed by atoms with Gasteiger partial charge in [-0.25, -0.2) is 8.42 Å². The molecule has 9 heteroatoms. The summed E-state index contributed by atoms with van der Waals surface area (Å²) in [6, 6.07) is 21.4. The molecule has 0 radical (unpaired) electrons. The van der Waals surface area contributed by atoms with Crippen LogP contribution in [0.25, 0.3) is 0 Å². The quantitative estimate of drug-likeness (QED) is 0.308. The molecule has 7 nitrogen and oxygen atoms in total. The summed E-state index contributed by atoms with van der Waals surface area (Å²) in [7, 11) is -4.11. The Morgan fingerprint density at radius 2 is 1.50 bits per heavy atom. The van der Waals surface area contributed by atoms with Gasteiger partial charge in [0.25, 0.3) is 10.0 Å². The first kappa shape index (κ1) is 31.2. The van der Waals surface area contributed by atoms with Crippen molar-refractivity contribution in [3.63, 3.8) is 0 Å². The standard InChI is InChI=1S/C31H38ClN3O4S/c1-6-23-17-19-25(20-18-23)35(40(38,39)26-14-9-8-10-15-26)22-29(36)34(21-24-13-11-12-16-27(24)32)28(7-2)30(37)33-31(3,4)5/h8-20,28H,6-7,21-22H2,1-5H3,(H,33,37)/t28-/m1/s1. The summed E-state index contributed by atoms with van der Waals surface area (Å²) >= 11 is 6.44. The Hall–Kier alpha value is -3.36. The Labute approximate surface area is 243 Å². The summed E-state index contributed by atoms with van der Waals surface area (Å²) in [6.45, 7) is 8.98. The van der Waals surface area contributed by atoms with Gasteiger partial charge in [0.05, 0.1) is 10.6 Å². The molecule has 2 amide bonds. The van der Waals surface area contributed by atoms with Crippen LogP contribution in [0.4, 0.5) is 5.69 Å². The molecule has 0 spiro atoms. The van der Waals surface area contributed by atoms with Gasteiger partial charge in [-0.3, -0.25) is 13.9 Å². The van der Waals surface area contributed by atoms with Gasteiger partial charge >= 0.3 is 0 Å². The van der Waals surface area contributed by atoms with Crippen LogP contribution in [0.15, 0.2) is 83.8 Å². The van der Waals surface area contributed by atoms with Gasteiger partial charge < -0.3 is 10.2 Å². The summed E-state index contributed by atoms with van der Waals surface area (Å²) in [5, 5.41) is 3.42. The third-order valence-electron chi connectivity index (χ3n) is 6.43. The van der Waals surface area contributed by atoms with Gasteiger partial charge in [-0.2, -0.15) is 0 Å². The van der Waals surface area contributed by atoms with Crippen LogP contribution in [-0.2, 0) is 32.6 Å². The van der Waals surface area contributed by atoms with Gasteiger partial charge in [0, 0.05) is 17.1 Å². The number of sulfonamides is 1. The van der Waals surface area contributed by atoms with Crippen LogP contribution in [-0.4, -0.2) is 43.3 Å². The maximum Gasteiger partial charge on any atom is 0.264 e. The van der Waals surface area contributed by atoms with Crippen molar-refractivity contribution in [1.29, 1.82) is 0 Å². The first-order valence-corrected chi connectivity index (χ1v) is 15.2. The van der Waals surface area contributed by atoms with Crippen molar-refractivity contribution in [2.24, 2.45) is 0 Å². The molecule has 3 aromatic carbocycles. The number of nitrogens with one attached hydrogen (secondary N) is 1. The van der Waals surface area contributed by atoms with Crippen molar-refractivity contribution in [1.82, 2.24) is 10.2 Å². The van der Waals surface area contributed by atoms with E-state index in [2.05, 4.69) is 5.32 Å². The monoisotopic (exact) mass is 583 g/mol. The fourth-order valence-corrected chi connectivity index (χ4v) is 5.96. The molecule has 0 aliphatic rings. The van der Waals surface area contributed by atoms with Crippen LogP contribution >= 0.6 is 11.6 Å². The van der Waals surface area contributed by atoms with Crippen LogP contribution in [0.1, 0.15) is 52.2 Å². The molecular formula is C31H38ClN3O4S. The minimum Gasteiger partial charge on any atom is -0.350 e. The molecule has 0 bridgehead atoms. The number of halogens is 1. The number of nitrogens with zero attached hydrogens (tertiary/aromatic N) is 2. The molecule has 40 heavy (non-hydrogen) atoms. The van der Waals surface area contributed by atoms with Crippen molar-refractivity contribution >= 4 is 39.1 Å². The molecule has 0 saturated carbocycles. The van der Waals surface area contributed by atoms with Gasteiger partial charge in [-0.1, -0.05) is 74.0 Å². The SMILES string of the molecule is CCc1ccc(N(CC(=O)N(Cc2ccccc2Cl)[C@H](CC)C(=O)NC(C)(C)C)S(=O)(=O)c2ccccc2)cc1. The number of amides is 2. The first-order valence-electron chi connectivity index (χ1n) is 13.4. The van der Waals surface area contributed by atoms with E-state index < -0.39 is 34.1 Å². The third kappa shape index (κ3) is 7.86. The molecule has 0 fully saturated rings. The average molecular weight is 584 g/mol. The molecule has 0 heterocycles. The molecule has 1 N–H and O–H groups in total. The lowest BCUT2D eigenvalue weighted by Gasteiger charge is -2.35. The lowest BCUT2D eigenvalue weighted by molar-refractivity contribution is -0.141. The number of aryl methyl sites for hydroxylation is 1. The normalized spacial score (nSPS) is 12.4. The van der Waals surface area contributed by atoms with E-state index in [0.29, 0.717) is 22.7 Å². The highest BCUT2D eigenvalue weighted by molar-refractivity contribution is 7.92. The molecule has 0 aliphatic carbocycles. The maximum absolute atomic E-state index is 14.1. The Morgan fingerprint density at radius 3 is 2.05 bits per heavy atom. The molecule has 0 aliphatic heterocycles. The van der Waals surface area contributed by atoms with Crippen molar-refractivity contribution in [3.05, 3.63) is 95.0 Å². The number of carbonyl (C=O) groups excluding carboxylic acids is 2. The number of rotatable bonds is 11. The van der Waals surface area contributed by atoms with Crippen molar-refractivity contribution in [2.45, 2.75) is 70.5 Å². The lowest BCUT2D eigenvalue weighted by atomic mass is 10.1. The molecule has 1 atom stereocenters. The number of hydrogen-bond acceptors (Lipinski definition) is 4. The summed E-state index contributed by atoms with van der Waals surface area (Å²) < 4.78 is 28.9. The number of anilines is 1. The summed E-state index contributed by atoms with van der Waals surface area (Å²) in [5.74, 6) is -0.838. The predicted octanol–water partition coefficient (Wildman–Crippen LogP) is 5.82. The van der Waals surface area contributed by atoms with Gasteiger partial charge in [-0.15, -0.1) is 0 Å². The van der Waals surface area contributed by atoms with E-state index >= 15 is 0 Å². The highest BCUT2D eigenvalue weighted by atomic mass is 35.5. The molecule has 0 saturated heterocycles. The second-order valence-electron chi connectivity index (χ2n) is 10.6. The van der Waals surface area contributed by atoms with Crippen LogP contribution in [0.5, 0.6) is 0 Å². The Morgan fingerprint density at radius 1 is 0.900 bits per heavy atom. The Kier molecular flexibility index (Phi) is 10.4. The lowest BCUT2D eigenvalue weighted by Crippen LogP contribution is -2.55. The summed E-state index contributed by atoms with van der Waals surface area (Å²) in [6.07, 6.45) is 1.12. The zero-order valence-corrected chi connectivity index (χ0v) is 25.3. The van der Waals surface area contributed by atoms with Crippen molar-refractivity contribution in [3.8, 4) is 0 Å². The van der Waals surface area contributed by atoms with Gasteiger partial charge in [0.15, 0.2) is 0 Å². The van der Waals surface area contributed by atoms with Gasteiger partial charge in [0.2, 0.25) is 11.8 Å². The highest BCUT2D eigenvalue weighted by Crippen LogP contribution is 2.26. The average Bonchev–Trinajstić information content (AvgIpc) is 2.92. The zero-order chi connectivity index (χ0) is 29.5. The van der Waals surface area contributed by atoms with E-state index in [4.69, 9.17) is 11.6 Å². The fourth-order valence-electron chi connectivity index (χ4n) is 4.33. The van der Waals surface area contributed by atoms with E-state index in [0.717, 1.165) is 16.3 Å².